The molecule has 0 bridgehead atoms. The zero-order valence-electron chi connectivity index (χ0n) is 13.8. The first-order valence-electron chi connectivity index (χ1n) is 7.81. The molecule has 6 heteroatoms. The van der Waals surface area contributed by atoms with Crippen molar-refractivity contribution < 1.29 is 0 Å². The highest BCUT2D eigenvalue weighted by molar-refractivity contribution is 7.98. The van der Waals surface area contributed by atoms with Crippen molar-refractivity contribution in [3.63, 3.8) is 0 Å². The molecule has 2 aromatic heterocycles. The lowest BCUT2D eigenvalue weighted by Gasteiger charge is -2.07. The van der Waals surface area contributed by atoms with E-state index in [1.54, 1.807) is 29.4 Å². The summed E-state index contributed by atoms with van der Waals surface area (Å²) in [4.78, 5) is 16.4. The van der Waals surface area contributed by atoms with Gasteiger partial charge >= 0.3 is 0 Å². The number of nitrogens with zero attached hydrogens (tertiary/aromatic N) is 4. The average Bonchev–Trinajstić information content (AvgIpc) is 2.99. The van der Waals surface area contributed by atoms with Gasteiger partial charge in [-0.2, -0.15) is 16.9 Å². The summed E-state index contributed by atoms with van der Waals surface area (Å²) >= 11 is 1.78. The summed E-state index contributed by atoms with van der Waals surface area (Å²) in [6.45, 7) is 0.658. The standard InChI is InChI=1S/C18H20N4OS/c1-21-13-15(8-9-17(21)23)18-19-16(10-11-24-2)20-22(18)12-14-6-4-3-5-7-14/h3-9,13H,10-12H2,1-2H3. The molecule has 24 heavy (non-hydrogen) atoms. The minimum absolute atomic E-state index is 0.0320. The summed E-state index contributed by atoms with van der Waals surface area (Å²) in [6, 6.07) is 13.6. The predicted octanol–water partition coefficient (Wildman–Crippen LogP) is 2.60. The van der Waals surface area contributed by atoms with Crippen LogP contribution in [0.2, 0.25) is 0 Å². The Hall–Kier alpha value is -2.34. The lowest BCUT2D eigenvalue weighted by atomic mass is 10.2. The molecular weight excluding hydrogens is 320 g/mol. The maximum Gasteiger partial charge on any atom is 0.250 e. The normalized spacial score (nSPS) is 10.9. The van der Waals surface area contributed by atoms with Gasteiger partial charge in [0.1, 0.15) is 0 Å². The molecule has 124 valence electrons. The van der Waals surface area contributed by atoms with E-state index in [-0.39, 0.29) is 5.56 Å². The summed E-state index contributed by atoms with van der Waals surface area (Å²) < 4.78 is 3.49. The van der Waals surface area contributed by atoms with Crippen LogP contribution in [0.5, 0.6) is 0 Å². The van der Waals surface area contributed by atoms with Gasteiger partial charge in [0.15, 0.2) is 11.6 Å². The van der Waals surface area contributed by atoms with E-state index in [2.05, 4.69) is 23.5 Å². The summed E-state index contributed by atoms with van der Waals surface area (Å²) in [6.07, 6.45) is 4.72. The van der Waals surface area contributed by atoms with Crippen molar-refractivity contribution in [3.05, 3.63) is 70.4 Å². The first kappa shape index (κ1) is 16.5. The number of pyridine rings is 1. The lowest BCUT2D eigenvalue weighted by Crippen LogP contribution is -2.14. The third-order valence-corrected chi connectivity index (χ3v) is 4.38. The number of hydrogen-bond acceptors (Lipinski definition) is 4. The number of aryl methyl sites for hydroxylation is 2. The molecule has 0 spiro atoms. The monoisotopic (exact) mass is 340 g/mol. The topological polar surface area (TPSA) is 52.7 Å². The highest BCUT2D eigenvalue weighted by Crippen LogP contribution is 2.18. The second kappa shape index (κ2) is 7.49. The number of aromatic nitrogens is 4. The molecule has 0 atom stereocenters. The van der Waals surface area contributed by atoms with Gasteiger partial charge in [0.05, 0.1) is 6.54 Å². The molecule has 1 aromatic carbocycles. The van der Waals surface area contributed by atoms with Crippen LogP contribution in [0.25, 0.3) is 11.4 Å². The van der Waals surface area contributed by atoms with Crippen LogP contribution in [-0.2, 0) is 20.0 Å². The van der Waals surface area contributed by atoms with Crippen molar-refractivity contribution in [1.29, 1.82) is 0 Å². The molecule has 0 radical (unpaired) electrons. The van der Waals surface area contributed by atoms with E-state index in [0.29, 0.717) is 6.54 Å². The van der Waals surface area contributed by atoms with Gasteiger partial charge < -0.3 is 4.57 Å². The highest BCUT2D eigenvalue weighted by Gasteiger charge is 2.13. The Morgan fingerprint density at radius 2 is 1.92 bits per heavy atom. The van der Waals surface area contributed by atoms with Gasteiger partial charge in [0.25, 0.3) is 0 Å². The van der Waals surface area contributed by atoms with Crippen molar-refractivity contribution in [1.82, 2.24) is 19.3 Å². The molecule has 0 aliphatic rings. The minimum atomic E-state index is -0.0320. The Balaban J connectivity index is 2.00. The average molecular weight is 340 g/mol. The van der Waals surface area contributed by atoms with E-state index < -0.39 is 0 Å². The van der Waals surface area contributed by atoms with Crippen LogP contribution in [0.15, 0.2) is 53.5 Å². The van der Waals surface area contributed by atoms with Crippen LogP contribution in [0, 0.1) is 0 Å². The summed E-state index contributed by atoms with van der Waals surface area (Å²) in [7, 11) is 1.75. The third kappa shape index (κ3) is 3.76. The zero-order chi connectivity index (χ0) is 16.9. The molecule has 2 heterocycles. The van der Waals surface area contributed by atoms with Crippen LogP contribution >= 0.6 is 11.8 Å². The number of rotatable bonds is 6. The van der Waals surface area contributed by atoms with E-state index in [9.17, 15) is 4.79 Å². The second-order valence-electron chi connectivity index (χ2n) is 5.60. The van der Waals surface area contributed by atoms with Gasteiger partial charge in [-0.05, 0) is 17.9 Å². The first-order chi connectivity index (χ1) is 11.7. The molecule has 5 nitrogen and oxygen atoms in total. The molecule has 0 unspecified atom stereocenters. The molecule has 3 aromatic rings. The molecule has 0 saturated heterocycles. The highest BCUT2D eigenvalue weighted by atomic mass is 32.2. The largest absolute Gasteiger partial charge is 0.318 e. The predicted molar refractivity (Wildman–Crippen MR) is 98.3 cm³/mol. The van der Waals surface area contributed by atoms with Gasteiger partial charge in [-0.25, -0.2) is 9.67 Å². The van der Waals surface area contributed by atoms with Crippen LogP contribution in [0.1, 0.15) is 11.4 Å². The lowest BCUT2D eigenvalue weighted by molar-refractivity contribution is 0.680. The van der Waals surface area contributed by atoms with Crippen molar-refractivity contribution in [2.45, 2.75) is 13.0 Å². The Kier molecular flexibility index (Phi) is 5.15. The zero-order valence-corrected chi connectivity index (χ0v) is 14.7. The smallest absolute Gasteiger partial charge is 0.250 e. The number of benzene rings is 1. The maximum atomic E-state index is 11.6. The molecule has 0 aliphatic heterocycles. The SMILES string of the molecule is CSCCc1nc(-c2ccc(=O)n(C)c2)n(Cc2ccccc2)n1. The summed E-state index contributed by atoms with van der Waals surface area (Å²) in [5.74, 6) is 2.62. The molecule has 3 rings (SSSR count). The van der Waals surface area contributed by atoms with Crippen LogP contribution in [-0.4, -0.2) is 31.3 Å². The minimum Gasteiger partial charge on any atom is -0.318 e. The first-order valence-corrected chi connectivity index (χ1v) is 9.20. The molecule has 0 saturated carbocycles. The van der Waals surface area contributed by atoms with Crippen molar-refractivity contribution >= 4 is 11.8 Å². The van der Waals surface area contributed by atoms with Gasteiger partial charge in [-0.1, -0.05) is 30.3 Å². The van der Waals surface area contributed by atoms with Gasteiger partial charge in [-0.3, -0.25) is 4.79 Å². The Labute approximate surface area is 145 Å². The Bertz CT molecular complexity index is 870. The molecule has 0 N–H and O–H groups in total. The van der Waals surface area contributed by atoms with Crippen molar-refractivity contribution in [2.24, 2.45) is 7.05 Å². The van der Waals surface area contributed by atoms with E-state index in [1.165, 1.54) is 5.56 Å². The van der Waals surface area contributed by atoms with Crippen molar-refractivity contribution in [2.75, 3.05) is 12.0 Å². The van der Waals surface area contributed by atoms with Crippen molar-refractivity contribution in [3.8, 4) is 11.4 Å². The van der Waals surface area contributed by atoms with E-state index >= 15 is 0 Å². The molecule has 0 amide bonds. The Morgan fingerprint density at radius 1 is 1.12 bits per heavy atom. The van der Waals surface area contributed by atoms with Gasteiger partial charge in [0.2, 0.25) is 5.56 Å². The molecular formula is C18H20N4OS. The summed E-state index contributed by atoms with van der Waals surface area (Å²) in [5, 5.41) is 4.68. The second-order valence-corrected chi connectivity index (χ2v) is 6.59. The maximum absolute atomic E-state index is 11.6. The number of hydrogen-bond donors (Lipinski definition) is 0. The van der Waals surface area contributed by atoms with Crippen LogP contribution < -0.4 is 5.56 Å². The fourth-order valence-corrected chi connectivity index (χ4v) is 2.88. The van der Waals surface area contributed by atoms with Crippen LogP contribution in [0.4, 0.5) is 0 Å². The molecule has 0 aliphatic carbocycles. The Morgan fingerprint density at radius 3 is 2.62 bits per heavy atom. The van der Waals surface area contributed by atoms with E-state index in [4.69, 9.17) is 4.98 Å². The van der Waals surface area contributed by atoms with E-state index in [1.807, 2.05) is 35.1 Å². The van der Waals surface area contributed by atoms with Crippen LogP contribution in [0.3, 0.4) is 0 Å². The fourth-order valence-electron chi connectivity index (χ4n) is 2.49. The fraction of sp³-hybridized carbons (Fsp3) is 0.278. The number of thioether (sulfide) groups is 1. The summed E-state index contributed by atoms with van der Waals surface area (Å²) in [5.41, 5.74) is 2.04. The molecule has 0 fully saturated rings. The van der Waals surface area contributed by atoms with E-state index in [0.717, 1.165) is 29.4 Å². The quantitative estimate of drug-likeness (QED) is 0.692. The third-order valence-electron chi connectivity index (χ3n) is 3.76. The van der Waals surface area contributed by atoms with Gasteiger partial charge in [0, 0.05) is 37.0 Å². The van der Waals surface area contributed by atoms with Gasteiger partial charge in [-0.15, -0.1) is 0 Å².